The lowest BCUT2D eigenvalue weighted by Crippen LogP contribution is -2.58. The molecule has 0 aromatic carbocycles. The van der Waals surface area contributed by atoms with Gasteiger partial charge in [-0.15, -0.1) is 0 Å². The molecule has 0 aromatic rings. The Labute approximate surface area is 184 Å². The van der Waals surface area contributed by atoms with Crippen LogP contribution in [0.15, 0.2) is 0 Å². The van der Waals surface area contributed by atoms with Crippen molar-refractivity contribution in [3.63, 3.8) is 0 Å². The maximum Gasteiger partial charge on any atom is 0.451 e. The molecular weight excluding hydrogens is 425 g/mol. The van der Waals surface area contributed by atoms with Crippen LogP contribution < -0.4 is 16.8 Å². The number of rotatable bonds is 10. The topological polar surface area (TPSA) is 171 Å². The van der Waals surface area contributed by atoms with Crippen molar-refractivity contribution in [2.45, 2.75) is 75.6 Å². The summed E-state index contributed by atoms with van der Waals surface area (Å²) in [7, 11) is -5.20. The number of hydrogen-bond acceptors (Lipinski definition) is 8. The molecule has 0 aromatic heterocycles. The van der Waals surface area contributed by atoms with Gasteiger partial charge in [0.05, 0.1) is 31.3 Å². The molecule has 31 heavy (non-hydrogen) atoms. The van der Waals surface area contributed by atoms with E-state index in [2.05, 4.69) is 5.32 Å². The van der Waals surface area contributed by atoms with E-state index in [-0.39, 0.29) is 50.5 Å². The summed E-state index contributed by atoms with van der Waals surface area (Å²) in [6, 6.07) is -1.75. The van der Waals surface area contributed by atoms with Crippen LogP contribution in [0.1, 0.15) is 39.5 Å². The van der Waals surface area contributed by atoms with Gasteiger partial charge >= 0.3 is 7.12 Å². The van der Waals surface area contributed by atoms with Gasteiger partial charge in [-0.3, -0.25) is 4.79 Å². The minimum absolute atomic E-state index is 0.0875. The standard InChI is InChI=1S/C18H36BN5O6S/c1-12(20)17(25)22-15-9-30-10-16(15)24(14-5-6-14)31(28,29)23-8-13(18(2,21)11-23)4-3-7-19(26)27/h12-16,26-27H,3-11,20-21H2,1-2H3,(H,22,25)/t12-,13-,15?,16?,18-/m0/s1. The molecule has 5 atom stereocenters. The molecule has 2 heterocycles. The molecule has 2 unspecified atom stereocenters. The molecule has 3 fully saturated rings. The molecule has 1 saturated carbocycles. The third-order valence-corrected chi connectivity index (χ3v) is 8.54. The van der Waals surface area contributed by atoms with E-state index in [1.165, 1.54) is 8.61 Å². The van der Waals surface area contributed by atoms with Crippen LogP contribution in [0, 0.1) is 5.92 Å². The molecule has 3 rings (SSSR count). The number of ether oxygens (including phenoxy) is 1. The summed E-state index contributed by atoms with van der Waals surface area (Å²) >= 11 is 0. The molecule has 2 aliphatic heterocycles. The lowest BCUT2D eigenvalue weighted by atomic mass is 9.79. The van der Waals surface area contributed by atoms with E-state index in [4.69, 9.17) is 26.3 Å². The van der Waals surface area contributed by atoms with E-state index in [1.54, 1.807) is 6.92 Å². The van der Waals surface area contributed by atoms with Crippen LogP contribution in [0.4, 0.5) is 0 Å². The lowest BCUT2D eigenvalue weighted by Gasteiger charge is -2.34. The normalized spacial score (nSPS) is 33.1. The first-order valence-corrected chi connectivity index (χ1v) is 12.4. The Morgan fingerprint density at radius 3 is 2.65 bits per heavy atom. The number of carbonyl (C=O) groups is 1. The van der Waals surface area contributed by atoms with Crippen molar-refractivity contribution in [3.05, 3.63) is 0 Å². The summed E-state index contributed by atoms with van der Waals surface area (Å²) in [5.74, 6) is -0.425. The van der Waals surface area contributed by atoms with Crippen molar-refractivity contribution in [2.75, 3.05) is 26.3 Å². The second-order valence-corrected chi connectivity index (χ2v) is 11.3. The zero-order valence-corrected chi connectivity index (χ0v) is 19.1. The first-order valence-electron chi connectivity index (χ1n) is 11.0. The number of carbonyl (C=O) groups excluding carboxylic acids is 1. The maximum atomic E-state index is 13.7. The SMILES string of the molecule is C[C@H](N)C(=O)NC1COCC1N(C1CC1)S(=O)(=O)N1C[C@H](CCCB(O)O)[C@@](C)(N)C1. The summed E-state index contributed by atoms with van der Waals surface area (Å²) in [5, 5.41) is 21.0. The molecule has 0 radical (unpaired) electrons. The van der Waals surface area contributed by atoms with E-state index < -0.39 is 41.0 Å². The minimum atomic E-state index is -3.83. The van der Waals surface area contributed by atoms with Gasteiger partial charge in [-0.2, -0.15) is 17.0 Å². The van der Waals surface area contributed by atoms with Crippen molar-refractivity contribution >= 4 is 23.2 Å². The van der Waals surface area contributed by atoms with Gasteiger partial charge in [-0.1, -0.05) is 6.42 Å². The number of nitrogens with zero attached hydrogens (tertiary/aromatic N) is 2. The van der Waals surface area contributed by atoms with Crippen LogP contribution in [-0.2, 0) is 19.7 Å². The van der Waals surface area contributed by atoms with Gasteiger partial charge in [-0.05, 0) is 45.3 Å². The smallest absolute Gasteiger partial charge is 0.427 e. The van der Waals surface area contributed by atoms with Gasteiger partial charge in [0.2, 0.25) is 5.91 Å². The Morgan fingerprint density at radius 1 is 1.39 bits per heavy atom. The van der Waals surface area contributed by atoms with Gasteiger partial charge in [0, 0.05) is 24.7 Å². The summed E-state index contributed by atoms with van der Waals surface area (Å²) < 4.78 is 35.9. The maximum absolute atomic E-state index is 13.7. The van der Waals surface area contributed by atoms with Crippen LogP contribution in [0.5, 0.6) is 0 Å². The van der Waals surface area contributed by atoms with Crippen LogP contribution in [0.2, 0.25) is 6.32 Å². The molecular formula is C18H36BN5O6S. The molecule has 178 valence electrons. The van der Waals surface area contributed by atoms with Crippen LogP contribution in [0.25, 0.3) is 0 Å². The average molecular weight is 461 g/mol. The highest BCUT2D eigenvalue weighted by atomic mass is 32.2. The molecule has 0 spiro atoms. The second kappa shape index (κ2) is 9.60. The fourth-order valence-corrected chi connectivity index (χ4v) is 6.72. The highest BCUT2D eigenvalue weighted by molar-refractivity contribution is 7.86. The first-order chi connectivity index (χ1) is 14.4. The van der Waals surface area contributed by atoms with Crippen LogP contribution in [0.3, 0.4) is 0 Å². The predicted octanol–water partition coefficient (Wildman–Crippen LogP) is -2.17. The Hall–Kier alpha value is -0.795. The summed E-state index contributed by atoms with van der Waals surface area (Å²) in [4.78, 5) is 12.1. The van der Waals surface area contributed by atoms with E-state index in [1.807, 2.05) is 6.92 Å². The van der Waals surface area contributed by atoms with E-state index in [0.717, 1.165) is 12.8 Å². The highest BCUT2D eigenvalue weighted by Crippen LogP contribution is 2.38. The van der Waals surface area contributed by atoms with Crippen LogP contribution >= 0.6 is 0 Å². The quantitative estimate of drug-likeness (QED) is 0.229. The summed E-state index contributed by atoms with van der Waals surface area (Å²) in [5.41, 5.74) is 11.4. The average Bonchev–Trinajstić information content (AvgIpc) is 3.30. The van der Waals surface area contributed by atoms with Crippen molar-refractivity contribution in [3.8, 4) is 0 Å². The fourth-order valence-electron chi connectivity index (χ4n) is 4.51. The fraction of sp³-hybridized carbons (Fsp3) is 0.944. The van der Waals surface area contributed by atoms with Gasteiger partial charge in [0.1, 0.15) is 0 Å². The Morgan fingerprint density at radius 2 is 2.06 bits per heavy atom. The van der Waals surface area contributed by atoms with E-state index in [9.17, 15) is 13.2 Å². The second-order valence-electron chi connectivity index (χ2n) is 9.48. The first kappa shape index (κ1) is 24.8. The number of nitrogens with one attached hydrogen (secondary N) is 1. The minimum Gasteiger partial charge on any atom is -0.427 e. The van der Waals surface area contributed by atoms with Gasteiger partial charge in [-0.25, -0.2) is 0 Å². The Kier molecular flexibility index (Phi) is 7.69. The molecule has 2 saturated heterocycles. The van der Waals surface area contributed by atoms with Crippen molar-refractivity contribution < 1.29 is 28.0 Å². The largest absolute Gasteiger partial charge is 0.451 e. The molecule has 1 amide bonds. The number of amides is 1. The predicted molar refractivity (Wildman–Crippen MR) is 116 cm³/mol. The number of hydrogen-bond donors (Lipinski definition) is 5. The molecule has 3 aliphatic rings. The third kappa shape index (κ3) is 5.77. The van der Waals surface area contributed by atoms with Gasteiger partial charge in [0.15, 0.2) is 0 Å². The third-order valence-electron chi connectivity index (χ3n) is 6.51. The zero-order chi connectivity index (χ0) is 23.0. The summed E-state index contributed by atoms with van der Waals surface area (Å²) in [6.45, 7) is 4.35. The molecule has 7 N–H and O–H groups in total. The number of nitrogens with two attached hydrogens (primary N) is 2. The molecule has 13 heteroatoms. The van der Waals surface area contributed by atoms with Gasteiger partial charge in [0.25, 0.3) is 10.2 Å². The van der Waals surface area contributed by atoms with Gasteiger partial charge < -0.3 is 31.6 Å². The van der Waals surface area contributed by atoms with Crippen molar-refractivity contribution in [1.29, 1.82) is 0 Å². The molecule has 11 nitrogen and oxygen atoms in total. The lowest BCUT2D eigenvalue weighted by molar-refractivity contribution is -0.122. The Balaban J connectivity index is 1.74. The van der Waals surface area contributed by atoms with E-state index in [0.29, 0.717) is 12.8 Å². The monoisotopic (exact) mass is 461 g/mol. The molecule has 0 bridgehead atoms. The van der Waals surface area contributed by atoms with Crippen molar-refractivity contribution in [2.24, 2.45) is 17.4 Å². The Bertz CT molecular complexity index is 748. The molecule has 1 aliphatic carbocycles. The van der Waals surface area contributed by atoms with Crippen molar-refractivity contribution in [1.82, 2.24) is 13.9 Å². The highest BCUT2D eigenvalue weighted by Gasteiger charge is 2.52. The van der Waals surface area contributed by atoms with E-state index >= 15 is 0 Å². The zero-order valence-electron chi connectivity index (χ0n) is 18.3. The van der Waals surface area contributed by atoms with Crippen LogP contribution in [-0.4, -0.2) is 96.1 Å². The summed E-state index contributed by atoms with van der Waals surface area (Å²) in [6.07, 6.45) is 2.94.